The molecule has 0 aromatic heterocycles. The first-order valence-electron chi connectivity index (χ1n) is 12.4. The fourth-order valence-electron chi connectivity index (χ4n) is 3.64. The molecule has 0 rings (SSSR count). The van der Waals surface area contributed by atoms with Crippen LogP contribution in [-0.4, -0.2) is 37.6 Å². The Morgan fingerprint density at radius 1 is 0.714 bits per heavy atom. The predicted octanol–water partition coefficient (Wildman–Crippen LogP) is 7.52. The lowest BCUT2D eigenvalue weighted by Crippen LogP contribution is -2.21. The molecule has 168 valence electrons. The molecule has 28 heavy (non-hydrogen) atoms. The maximum absolute atomic E-state index is 11.7. The van der Waals surface area contributed by atoms with E-state index < -0.39 is 0 Å². The van der Waals surface area contributed by atoms with Crippen LogP contribution in [0.2, 0.25) is 0 Å². The minimum atomic E-state index is -0.0577. The second kappa shape index (κ2) is 21.1. The summed E-state index contributed by atoms with van der Waals surface area (Å²) in [6, 6.07) is 0. The molecule has 0 aromatic carbocycles. The molecule has 1 unspecified atom stereocenters. The molecule has 0 aromatic rings. The van der Waals surface area contributed by atoms with Gasteiger partial charge in [0, 0.05) is 6.54 Å². The summed E-state index contributed by atoms with van der Waals surface area (Å²) >= 11 is 0. The van der Waals surface area contributed by atoms with Crippen LogP contribution >= 0.6 is 0 Å². The molecule has 3 nitrogen and oxygen atoms in total. The number of esters is 1. The molecular formula is C25H51NO2. The Balaban J connectivity index is 3.22. The first-order chi connectivity index (χ1) is 13.6. The van der Waals surface area contributed by atoms with Crippen LogP contribution in [0.5, 0.6) is 0 Å². The largest absolute Gasteiger partial charge is 0.463 e. The lowest BCUT2D eigenvalue weighted by molar-refractivity contribution is -0.148. The van der Waals surface area contributed by atoms with E-state index in [9.17, 15) is 4.79 Å². The minimum Gasteiger partial charge on any atom is -0.463 e. The molecule has 0 spiro atoms. The van der Waals surface area contributed by atoms with Crippen LogP contribution in [0.4, 0.5) is 0 Å². The number of ether oxygens (including phenoxy) is 1. The second-order valence-corrected chi connectivity index (χ2v) is 8.95. The van der Waals surface area contributed by atoms with Gasteiger partial charge in [0.1, 0.15) is 0 Å². The van der Waals surface area contributed by atoms with E-state index in [0.29, 0.717) is 6.42 Å². The molecule has 0 heterocycles. The molecule has 0 bridgehead atoms. The molecule has 1 atom stereocenters. The smallest absolute Gasteiger partial charge is 0.307 e. The number of nitrogens with zero attached hydrogens (tertiary/aromatic N) is 1. The van der Waals surface area contributed by atoms with E-state index in [1.165, 1.54) is 103 Å². The predicted molar refractivity (Wildman–Crippen MR) is 123 cm³/mol. The zero-order chi connectivity index (χ0) is 20.9. The van der Waals surface area contributed by atoms with Crippen molar-refractivity contribution in [3.8, 4) is 0 Å². The first-order valence-corrected chi connectivity index (χ1v) is 12.4. The Morgan fingerprint density at radius 2 is 1.11 bits per heavy atom. The van der Waals surface area contributed by atoms with Crippen LogP contribution < -0.4 is 0 Å². The topological polar surface area (TPSA) is 29.5 Å². The van der Waals surface area contributed by atoms with Crippen LogP contribution in [0.25, 0.3) is 0 Å². The Labute approximate surface area is 177 Å². The van der Waals surface area contributed by atoms with E-state index in [2.05, 4.69) is 6.92 Å². The zero-order valence-corrected chi connectivity index (χ0v) is 19.8. The number of carbonyl (C=O) groups excluding carboxylic acids is 1. The van der Waals surface area contributed by atoms with E-state index >= 15 is 0 Å². The summed E-state index contributed by atoms with van der Waals surface area (Å²) in [5, 5.41) is 0. The van der Waals surface area contributed by atoms with Crippen LogP contribution in [0.3, 0.4) is 0 Å². The van der Waals surface area contributed by atoms with E-state index in [-0.39, 0.29) is 12.1 Å². The van der Waals surface area contributed by atoms with E-state index in [0.717, 1.165) is 13.0 Å². The third kappa shape index (κ3) is 21.7. The highest BCUT2D eigenvalue weighted by Gasteiger charge is 2.09. The molecule has 0 amide bonds. The second-order valence-electron chi connectivity index (χ2n) is 8.95. The molecule has 0 fully saturated rings. The highest BCUT2D eigenvalue weighted by Crippen LogP contribution is 2.14. The Hall–Kier alpha value is -0.570. The maximum atomic E-state index is 11.7. The van der Waals surface area contributed by atoms with Crippen LogP contribution in [-0.2, 0) is 9.53 Å². The van der Waals surface area contributed by atoms with Crippen molar-refractivity contribution in [1.82, 2.24) is 4.90 Å². The third-order valence-electron chi connectivity index (χ3n) is 5.56. The van der Waals surface area contributed by atoms with Crippen molar-refractivity contribution >= 4 is 5.97 Å². The average Bonchev–Trinajstić information content (AvgIpc) is 2.66. The van der Waals surface area contributed by atoms with Crippen molar-refractivity contribution in [3.63, 3.8) is 0 Å². The molecule has 0 aliphatic carbocycles. The van der Waals surface area contributed by atoms with Crippen molar-refractivity contribution in [1.29, 1.82) is 0 Å². The van der Waals surface area contributed by atoms with Gasteiger partial charge >= 0.3 is 5.97 Å². The average molecular weight is 398 g/mol. The molecule has 0 N–H and O–H groups in total. The van der Waals surface area contributed by atoms with Crippen molar-refractivity contribution in [2.45, 2.75) is 136 Å². The Morgan fingerprint density at radius 3 is 1.50 bits per heavy atom. The van der Waals surface area contributed by atoms with E-state index in [4.69, 9.17) is 4.74 Å². The van der Waals surface area contributed by atoms with Gasteiger partial charge in [-0.3, -0.25) is 4.79 Å². The molecule has 0 radical (unpaired) electrons. The minimum absolute atomic E-state index is 0.0577. The number of hydrogen-bond donors (Lipinski definition) is 0. The molecule has 0 aliphatic rings. The summed E-state index contributed by atoms with van der Waals surface area (Å²) in [4.78, 5) is 13.7. The number of unbranched alkanes of at least 4 members (excludes halogenated alkanes) is 15. The monoisotopic (exact) mass is 397 g/mol. The normalized spacial score (nSPS) is 12.5. The van der Waals surface area contributed by atoms with Gasteiger partial charge in [-0.2, -0.15) is 0 Å². The Bertz CT molecular complexity index is 331. The van der Waals surface area contributed by atoms with Crippen LogP contribution in [0.1, 0.15) is 129 Å². The van der Waals surface area contributed by atoms with Crippen molar-refractivity contribution in [3.05, 3.63) is 0 Å². The van der Waals surface area contributed by atoms with Gasteiger partial charge in [-0.05, 0) is 33.9 Å². The van der Waals surface area contributed by atoms with Crippen LogP contribution in [0.15, 0.2) is 0 Å². The van der Waals surface area contributed by atoms with Gasteiger partial charge in [0.15, 0.2) is 0 Å². The highest BCUT2D eigenvalue weighted by atomic mass is 16.5. The summed E-state index contributed by atoms with van der Waals surface area (Å²) in [5.41, 5.74) is 0. The molecular weight excluding hydrogens is 346 g/mol. The summed E-state index contributed by atoms with van der Waals surface area (Å²) in [7, 11) is 3.96. The molecule has 0 saturated carbocycles. The quantitative estimate of drug-likeness (QED) is 0.148. The first kappa shape index (κ1) is 27.4. The van der Waals surface area contributed by atoms with Crippen molar-refractivity contribution in [2.75, 3.05) is 20.6 Å². The standard InChI is InChI=1S/C25H51NO2/c1-5-6-7-8-9-10-11-12-13-14-15-16-17-18-19-20-21-24(2)28-25(27)22-23-26(3)4/h24H,5-23H2,1-4H3. The van der Waals surface area contributed by atoms with Gasteiger partial charge in [0.2, 0.25) is 0 Å². The Kier molecular flexibility index (Phi) is 20.7. The summed E-state index contributed by atoms with van der Waals surface area (Å²) < 4.78 is 5.46. The van der Waals surface area contributed by atoms with Gasteiger partial charge in [0.25, 0.3) is 0 Å². The molecule has 0 aliphatic heterocycles. The van der Waals surface area contributed by atoms with Gasteiger partial charge in [-0.25, -0.2) is 0 Å². The lowest BCUT2D eigenvalue weighted by atomic mass is 10.0. The highest BCUT2D eigenvalue weighted by molar-refractivity contribution is 5.69. The molecule has 0 saturated heterocycles. The fourth-order valence-corrected chi connectivity index (χ4v) is 3.64. The van der Waals surface area contributed by atoms with Gasteiger partial charge < -0.3 is 9.64 Å². The van der Waals surface area contributed by atoms with Crippen LogP contribution in [0, 0.1) is 0 Å². The SMILES string of the molecule is CCCCCCCCCCCCCCCCCCC(C)OC(=O)CCN(C)C. The number of rotatable bonds is 21. The third-order valence-corrected chi connectivity index (χ3v) is 5.56. The van der Waals surface area contributed by atoms with E-state index in [1.807, 2.05) is 25.9 Å². The number of carbonyl (C=O) groups is 1. The summed E-state index contributed by atoms with van der Waals surface area (Å²) in [5.74, 6) is -0.0577. The lowest BCUT2D eigenvalue weighted by Gasteiger charge is -2.14. The van der Waals surface area contributed by atoms with Gasteiger partial charge in [0.05, 0.1) is 12.5 Å². The summed E-state index contributed by atoms with van der Waals surface area (Å²) in [6.07, 6.45) is 23.9. The summed E-state index contributed by atoms with van der Waals surface area (Å²) in [6.45, 7) is 5.08. The zero-order valence-electron chi connectivity index (χ0n) is 19.8. The van der Waals surface area contributed by atoms with Gasteiger partial charge in [-0.15, -0.1) is 0 Å². The number of hydrogen-bond acceptors (Lipinski definition) is 3. The van der Waals surface area contributed by atoms with E-state index in [1.54, 1.807) is 0 Å². The van der Waals surface area contributed by atoms with Crippen molar-refractivity contribution in [2.24, 2.45) is 0 Å². The maximum Gasteiger partial charge on any atom is 0.307 e. The fraction of sp³-hybridized carbons (Fsp3) is 0.960. The van der Waals surface area contributed by atoms with Gasteiger partial charge in [-0.1, -0.05) is 103 Å². The molecule has 3 heteroatoms. The van der Waals surface area contributed by atoms with Crippen molar-refractivity contribution < 1.29 is 9.53 Å².